The van der Waals surface area contributed by atoms with Crippen LogP contribution in [0, 0.1) is 0 Å². The van der Waals surface area contributed by atoms with Crippen LogP contribution in [0.4, 0.5) is 0 Å². The van der Waals surface area contributed by atoms with E-state index in [4.69, 9.17) is 18.8 Å². The van der Waals surface area contributed by atoms with E-state index < -0.39 is 30.1 Å². The van der Waals surface area contributed by atoms with Gasteiger partial charge in [-0.2, -0.15) is 0 Å². The van der Waals surface area contributed by atoms with Crippen LogP contribution in [-0.2, 0) is 18.8 Å². The summed E-state index contributed by atoms with van der Waals surface area (Å²) in [7, 11) is 1.96. The zero-order valence-electron chi connectivity index (χ0n) is 15.5. The van der Waals surface area contributed by atoms with Gasteiger partial charge in [0.25, 0.3) is 0 Å². The van der Waals surface area contributed by atoms with Gasteiger partial charge in [-0.05, 0) is 45.4 Å². The fourth-order valence-corrected chi connectivity index (χ4v) is 2.67. The highest BCUT2D eigenvalue weighted by atomic mass is 16.7. The van der Waals surface area contributed by atoms with Gasteiger partial charge in [0.1, 0.15) is 0 Å². The summed E-state index contributed by atoms with van der Waals surface area (Å²) in [5, 5.41) is 19.8. The van der Waals surface area contributed by atoms with Crippen LogP contribution < -0.4 is 4.74 Å². The largest absolute Gasteiger partial charge is 0.504 e. The molecule has 2 N–H and O–H groups in total. The molecule has 2 rings (SSSR count). The van der Waals surface area contributed by atoms with E-state index in [-0.39, 0.29) is 23.7 Å². The third-order valence-electron chi connectivity index (χ3n) is 4.94. The topological polar surface area (TPSA) is 94.5 Å². The summed E-state index contributed by atoms with van der Waals surface area (Å²) >= 11 is 0. The molecular weight excluding hydrogens is 327 g/mol. The number of rotatable bonds is 5. The molecule has 1 aliphatic rings. The predicted octanol–water partition coefficient (Wildman–Crippen LogP) is 2.38. The van der Waals surface area contributed by atoms with Crippen LogP contribution in [0.3, 0.4) is 0 Å². The number of carbonyl (C=O) groups excluding carboxylic acids is 1. The lowest BCUT2D eigenvalue weighted by Gasteiger charge is -2.32. The molecule has 0 aromatic heterocycles. The smallest absolute Gasteiger partial charge is 0.466 e. The summed E-state index contributed by atoms with van der Waals surface area (Å²) in [6, 6.07) is 2.92. The molecule has 0 bridgehead atoms. The minimum absolute atomic E-state index is 0.0132. The number of benzene rings is 1. The van der Waals surface area contributed by atoms with E-state index in [2.05, 4.69) is 0 Å². The Morgan fingerprint density at radius 3 is 2.20 bits per heavy atom. The highest BCUT2D eigenvalue weighted by Crippen LogP contribution is 2.44. The van der Waals surface area contributed by atoms with Crippen molar-refractivity contribution in [2.24, 2.45) is 0 Å². The molecule has 7 nitrogen and oxygen atoms in total. The van der Waals surface area contributed by atoms with E-state index in [1.165, 1.54) is 20.3 Å². The van der Waals surface area contributed by atoms with Gasteiger partial charge in [-0.1, -0.05) is 0 Å². The summed E-state index contributed by atoms with van der Waals surface area (Å²) in [6.07, 6.45) is -0.0132. The van der Waals surface area contributed by atoms with Gasteiger partial charge in [-0.15, -0.1) is 0 Å². The quantitative estimate of drug-likeness (QED) is 0.477. The highest BCUT2D eigenvalue weighted by molar-refractivity contribution is 6.48. The Hall–Kier alpha value is -1.93. The van der Waals surface area contributed by atoms with E-state index in [0.717, 1.165) is 0 Å². The van der Waals surface area contributed by atoms with E-state index in [9.17, 15) is 15.0 Å². The minimum Gasteiger partial charge on any atom is -0.504 e. The molecule has 0 amide bonds. The van der Waals surface area contributed by atoms with Gasteiger partial charge in [0, 0.05) is 5.82 Å². The number of hydrogen-bond donors (Lipinski definition) is 2. The van der Waals surface area contributed by atoms with Crippen LogP contribution in [0.1, 0.15) is 45.5 Å². The third kappa shape index (κ3) is 3.69. The first-order valence-electron chi connectivity index (χ1n) is 8.04. The Morgan fingerprint density at radius 1 is 1.16 bits per heavy atom. The Labute approximate surface area is 148 Å². The maximum absolute atomic E-state index is 11.9. The van der Waals surface area contributed by atoms with Crippen molar-refractivity contribution >= 4 is 13.1 Å². The standard InChI is InChI=1S/C17H25BO7/c1-16(2)17(3,4)25-18(24-16)11(9-14(20)23-6)10-7-12(19)15(21)13(8-10)22-5/h7-8,11,19,21H,9H2,1-6H3. The van der Waals surface area contributed by atoms with Gasteiger partial charge in [-0.25, -0.2) is 0 Å². The number of hydrogen-bond acceptors (Lipinski definition) is 7. The number of phenolic OH excluding ortho intramolecular Hbond substituents is 2. The van der Waals surface area contributed by atoms with Gasteiger partial charge in [-0.3, -0.25) is 4.79 Å². The molecule has 1 aromatic carbocycles. The summed E-state index contributed by atoms with van der Waals surface area (Å²) < 4.78 is 22.0. The molecule has 1 fully saturated rings. The Kier molecular flexibility index (Phi) is 5.25. The molecular formula is C17H25BO7. The van der Waals surface area contributed by atoms with Gasteiger partial charge in [0.2, 0.25) is 5.75 Å². The second kappa shape index (κ2) is 6.76. The number of methoxy groups -OCH3 is 2. The van der Waals surface area contributed by atoms with Gasteiger partial charge < -0.3 is 29.0 Å². The molecule has 25 heavy (non-hydrogen) atoms. The Bertz CT molecular complexity index is 641. The first-order chi connectivity index (χ1) is 11.5. The highest BCUT2D eigenvalue weighted by Gasteiger charge is 2.54. The molecule has 1 saturated heterocycles. The Balaban J connectivity index is 2.45. The average molecular weight is 352 g/mol. The van der Waals surface area contributed by atoms with Crippen LogP contribution in [0.2, 0.25) is 0 Å². The van der Waals surface area contributed by atoms with Crippen molar-refractivity contribution in [3.8, 4) is 17.2 Å². The summed E-state index contributed by atoms with van der Waals surface area (Å²) in [4.78, 5) is 11.9. The fourth-order valence-electron chi connectivity index (χ4n) is 2.67. The van der Waals surface area contributed by atoms with E-state index in [0.29, 0.717) is 5.56 Å². The molecule has 1 heterocycles. The first kappa shape index (κ1) is 19.4. The zero-order valence-corrected chi connectivity index (χ0v) is 15.5. The second-order valence-electron chi connectivity index (χ2n) is 7.10. The van der Waals surface area contributed by atoms with Crippen molar-refractivity contribution in [2.45, 2.75) is 51.1 Å². The molecule has 0 radical (unpaired) electrons. The van der Waals surface area contributed by atoms with Crippen molar-refractivity contribution in [3.05, 3.63) is 17.7 Å². The lowest BCUT2D eigenvalue weighted by atomic mass is 9.66. The van der Waals surface area contributed by atoms with Crippen LogP contribution in [0.5, 0.6) is 17.2 Å². The van der Waals surface area contributed by atoms with Gasteiger partial charge >= 0.3 is 13.1 Å². The lowest BCUT2D eigenvalue weighted by molar-refractivity contribution is -0.140. The van der Waals surface area contributed by atoms with E-state index >= 15 is 0 Å². The minimum atomic E-state index is -0.724. The van der Waals surface area contributed by atoms with Crippen molar-refractivity contribution in [3.63, 3.8) is 0 Å². The summed E-state index contributed by atoms with van der Waals surface area (Å²) in [5.74, 6) is -1.60. The summed E-state index contributed by atoms with van der Waals surface area (Å²) in [6.45, 7) is 7.66. The number of phenols is 2. The van der Waals surface area contributed by atoms with Crippen LogP contribution in [0.25, 0.3) is 0 Å². The number of carbonyl (C=O) groups is 1. The average Bonchev–Trinajstić information content (AvgIpc) is 2.75. The maximum Gasteiger partial charge on any atom is 0.466 e. The molecule has 1 unspecified atom stereocenters. The van der Waals surface area contributed by atoms with Crippen LogP contribution >= 0.6 is 0 Å². The molecule has 0 spiro atoms. The van der Waals surface area contributed by atoms with Crippen molar-refractivity contribution in [1.29, 1.82) is 0 Å². The normalized spacial score (nSPS) is 19.5. The molecule has 0 aliphatic carbocycles. The summed E-state index contributed by atoms with van der Waals surface area (Å²) in [5.41, 5.74) is -0.611. The Morgan fingerprint density at radius 2 is 1.72 bits per heavy atom. The van der Waals surface area contributed by atoms with Crippen LogP contribution in [-0.4, -0.2) is 48.7 Å². The monoisotopic (exact) mass is 352 g/mol. The van der Waals surface area contributed by atoms with Gasteiger partial charge in [0.15, 0.2) is 11.5 Å². The molecule has 8 heteroatoms. The molecule has 1 atom stereocenters. The maximum atomic E-state index is 11.9. The molecule has 0 saturated carbocycles. The zero-order chi connectivity index (χ0) is 19.0. The number of aromatic hydroxyl groups is 2. The molecule has 1 aliphatic heterocycles. The van der Waals surface area contributed by atoms with Crippen molar-refractivity contribution in [1.82, 2.24) is 0 Å². The first-order valence-corrected chi connectivity index (χ1v) is 8.04. The van der Waals surface area contributed by atoms with Gasteiger partial charge in [0.05, 0.1) is 31.8 Å². The third-order valence-corrected chi connectivity index (χ3v) is 4.94. The molecule has 1 aromatic rings. The van der Waals surface area contributed by atoms with E-state index in [1.807, 2.05) is 27.7 Å². The second-order valence-corrected chi connectivity index (χ2v) is 7.10. The predicted molar refractivity (Wildman–Crippen MR) is 91.8 cm³/mol. The molecule has 138 valence electrons. The van der Waals surface area contributed by atoms with Crippen LogP contribution in [0.15, 0.2) is 12.1 Å². The SMILES string of the molecule is COC(=O)CC(B1OC(C)(C)C(C)(C)O1)c1cc(O)c(O)c(OC)c1. The van der Waals surface area contributed by atoms with E-state index in [1.54, 1.807) is 6.07 Å². The number of esters is 1. The van der Waals surface area contributed by atoms with Crippen molar-refractivity contribution in [2.75, 3.05) is 14.2 Å². The number of ether oxygens (including phenoxy) is 2. The lowest BCUT2D eigenvalue weighted by Crippen LogP contribution is -2.41. The fraction of sp³-hybridized carbons (Fsp3) is 0.588. The van der Waals surface area contributed by atoms with Crippen molar-refractivity contribution < 1.29 is 33.8 Å².